The Morgan fingerprint density at radius 1 is 1.24 bits per heavy atom. The summed E-state index contributed by atoms with van der Waals surface area (Å²) < 4.78 is 0. The van der Waals surface area contributed by atoms with Crippen molar-refractivity contribution in [2.75, 3.05) is 18.5 Å². The maximum Gasteiger partial charge on any atom is 0.161 e. The molecule has 0 bridgehead atoms. The number of hydrogen-bond acceptors (Lipinski definition) is 5. The molecule has 0 saturated carbocycles. The fraction of sp³-hybridized carbons (Fsp3) is 0.375. The maximum absolute atomic E-state index is 8.77. The average Bonchev–Trinajstić information content (AvgIpc) is 3.01. The molecular formula is C16H17N5. The Morgan fingerprint density at radius 2 is 2.05 bits per heavy atom. The molecule has 0 radical (unpaired) electrons. The van der Waals surface area contributed by atoms with Crippen LogP contribution in [0.15, 0.2) is 24.5 Å². The van der Waals surface area contributed by atoms with Gasteiger partial charge in [0.15, 0.2) is 5.82 Å². The van der Waals surface area contributed by atoms with Gasteiger partial charge in [0, 0.05) is 42.8 Å². The van der Waals surface area contributed by atoms with E-state index in [0.717, 1.165) is 42.2 Å². The molecule has 2 heterocycles. The number of hydrogen-bond donors (Lipinski definition) is 0. The third-order valence-corrected chi connectivity index (χ3v) is 3.77. The summed E-state index contributed by atoms with van der Waals surface area (Å²) in [5, 5.41) is 8.77. The van der Waals surface area contributed by atoms with Crippen molar-refractivity contribution in [1.82, 2.24) is 15.0 Å². The van der Waals surface area contributed by atoms with E-state index >= 15 is 0 Å². The Labute approximate surface area is 124 Å². The van der Waals surface area contributed by atoms with Crippen molar-refractivity contribution in [1.29, 1.82) is 5.26 Å². The van der Waals surface area contributed by atoms with Gasteiger partial charge >= 0.3 is 0 Å². The number of pyridine rings is 1. The van der Waals surface area contributed by atoms with Gasteiger partial charge in [0.25, 0.3) is 0 Å². The molecule has 3 rings (SSSR count). The van der Waals surface area contributed by atoms with Gasteiger partial charge in [0.1, 0.15) is 5.82 Å². The highest BCUT2D eigenvalue weighted by Gasteiger charge is 2.21. The van der Waals surface area contributed by atoms with Crippen molar-refractivity contribution in [3.8, 4) is 17.5 Å². The standard InChI is InChI=1S/C16H17N5/c1-21(11-3-8-17)16-13-4-2-5-14(13)19-15(20-16)12-6-9-18-10-7-12/h6-7,9-10H,2-5,11H2,1H3. The first kappa shape index (κ1) is 13.5. The fourth-order valence-electron chi connectivity index (χ4n) is 2.68. The number of rotatable bonds is 4. The Bertz CT molecular complexity index is 675. The van der Waals surface area contributed by atoms with Crippen LogP contribution in [-0.4, -0.2) is 28.5 Å². The minimum absolute atomic E-state index is 0.500. The van der Waals surface area contributed by atoms with E-state index in [2.05, 4.69) is 16.0 Å². The molecule has 0 amide bonds. The molecule has 1 aliphatic rings. The zero-order valence-corrected chi connectivity index (χ0v) is 12.1. The lowest BCUT2D eigenvalue weighted by Gasteiger charge is -2.20. The zero-order chi connectivity index (χ0) is 14.7. The molecule has 2 aromatic rings. The average molecular weight is 279 g/mol. The predicted molar refractivity (Wildman–Crippen MR) is 80.8 cm³/mol. The first-order chi connectivity index (χ1) is 10.3. The van der Waals surface area contributed by atoms with E-state index in [9.17, 15) is 0 Å². The quantitative estimate of drug-likeness (QED) is 0.859. The van der Waals surface area contributed by atoms with Gasteiger partial charge in [-0.3, -0.25) is 4.98 Å². The molecule has 1 aliphatic carbocycles. The van der Waals surface area contributed by atoms with Gasteiger partial charge in [-0.25, -0.2) is 9.97 Å². The maximum atomic E-state index is 8.77. The van der Waals surface area contributed by atoms with E-state index in [1.54, 1.807) is 12.4 Å². The summed E-state index contributed by atoms with van der Waals surface area (Å²) in [4.78, 5) is 15.6. The first-order valence-corrected chi connectivity index (χ1v) is 7.18. The topological polar surface area (TPSA) is 65.7 Å². The van der Waals surface area contributed by atoms with Crippen LogP contribution in [0.4, 0.5) is 5.82 Å². The van der Waals surface area contributed by atoms with Gasteiger partial charge in [-0.1, -0.05) is 0 Å². The van der Waals surface area contributed by atoms with Crippen LogP contribution in [0.2, 0.25) is 0 Å². The molecule has 21 heavy (non-hydrogen) atoms. The van der Waals surface area contributed by atoms with Crippen LogP contribution < -0.4 is 4.90 Å². The molecule has 0 N–H and O–H groups in total. The van der Waals surface area contributed by atoms with Crippen LogP contribution in [0, 0.1) is 11.3 Å². The molecule has 0 atom stereocenters. The number of aryl methyl sites for hydroxylation is 1. The lowest BCUT2D eigenvalue weighted by Crippen LogP contribution is -2.21. The van der Waals surface area contributed by atoms with Gasteiger partial charge in [0.2, 0.25) is 0 Å². The van der Waals surface area contributed by atoms with E-state index in [1.807, 2.05) is 19.2 Å². The Balaban J connectivity index is 2.03. The largest absolute Gasteiger partial charge is 0.358 e. The normalized spacial score (nSPS) is 12.8. The molecule has 0 spiro atoms. The highest BCUT2D eigenvalue weighted by molar-refractivity contribution is 5.60. The van der Waals surface area contributed by atoms with E-state index in [1.165, 1.54) is 5.56 Å². The molecule has 0 saturated heterocycles. The van der Waals surface area contributed by atoms with Crippen LogP contribution in [0.1, 0.15) is 24.1 Å². The SMILES string of the molecule is CN(CCC#N)c1nc(-c2ccncc2)nc2c1CCC2. The Morgan fingerprint density at radius 3 is 2.81 bits per heavy atom. The number of aromatic nitrogens is 3. The summed E-state index contributed by atoms with van der Waals surface area (Å²) in [5.41, 5.74) is 3.37. The Kier molecular flexibility index (Phi) is 3.78. The molecular weight excluding hydrogens is 262 g/mol. The van der Waals surface area contributed by atoms with Crippen molar-refractivity contribution in [2.24, 2.45) is 0 Å². The summed E-state index contributed by atoms with van der Waals surface area (Å²) >= 11 is 0. The summed E-state index contributed by atoms with van der Waals surface area (Å²) in [6.07, 6.45) is 7.17. The molecule has 0 fully saturated rings. The summed E-state index contributed by atoms with van der Waals surface area (Å²) in [7, 11) is 1.99. The van der Waals surface area contributed by atoms with Crippen LogP contribution in [0.25, 0.3) is 11.4 Å². The lowest BCUT2D eigenvalue weighted by molar-refractivity contribution is 0.864. The molecule has 0 unspecified atom stereocenters. The number of nitriles is 1. The molecule has 2 aromatic heterocycles. The number of fused-ring (bicyclic) bond motifs is 1. The summed E-state index contributed by atoms with van der Waals surface area (Å²) in [5.74, 6) is 1.72. The van der Waals surface area contributed by atoms with Crippen molar-refractivity contribution >= 4 is 5.82 Å². The fourth-order valence-corrected chi connectivity index (χ4v) is 2.68. The molecule has 5 nitrogen and oxygen atoms in total. The van der Waals surface area contributed by atoms with Gasteiger partial charge in [0.05, 0.1) is 12.5 Å². The number of anilines is 1. The van der Waals surface area contributed by atoms with Crippen LogP contribution >= 0.6 is 0 Å². The van der Waals surface area contributed by atoms with E-state index in [0.29, 0.717) is 13.0 Å². The Hall–Kier alpha value is -2.48. The van der Waals surface area contributed by atoms with Crippen LogP contribution in [-0.2, 0) is 12.8 Å². The minimum Gasteiger partial charge on any atom is -0.358 e. The van der Waals surface area contributed by atoms with Gasteiger partial charge in [-0.2, -0.15) is 5.26 Å². The van der Waals surface area contributed by atoms with E-state index < -0.39 is 0 Å². The highest BCUT2D eigenvalue weighted by Crippen LogP contribution is 2.30. The summed E-state index contributed by atoms with van der Waals surface area (Å²) in [6.45, 7) is 0.690. The molecule has 0 aromatic carbocycles. The predicted octanol–water partition coefficient (Wildman–Crippen LogP) is 2.38. The number of nitrogens with zero attached hydrogens (tertiary/aromatic N) is 5. The third-order valence-electron chi connectivity index (χ3n) is 3.77. The molecule has 5 heteroatoms. The van der Waals surface area contributed by atoms with Crippen molar-refractivity contribution in [3.05, 3.63) is 35.8 Å². The first-order valence-electron chi connectivity index (χ1n) is 7.18. The van der Waals surface area contributed by atoms with Crippen LogP contribution in [0.3, 0.4) is 0 Å². The molecule has 106 valence electrons. The summed E-state index contributed by atoms with van der Waals surface area (Å²) in [6, 6.07) is 6.04. The van der Waals surface area contributed by atoms with Gasteiger partial charge < -0.3 is 4.90 Å². The monoisotopic (exact) mass is 279 g/mol. The molecule has 0 aliphatic heterocycles. The second kappa shape index (κ2) is 5.88. The van der Waals surface area contributed by atoms with Crippen molar-refractivity contribution < 1.29 is 0 Å². The van der Waals surface area contributed by atoms with Crippen molar-refractivity contribution in [2.45, 2.75) is 25.7 Å². The van der Waals surface area contributed by atoms with Crippen LogP contribution in [0.5, 0.6) is 0 Å². The van der Waals surface area contributed by atoms with Crippen molar-refractivity contribution in [3.63, 3.8) is 0 Å². The lowest BCUT2D eigenvalue weighted by atomic mass is 10.2. The third kappa shape index (κ3) is 2.70. The second-order valence-electron chi connectivity index (χ2n) is 5.22. The smallest absolute Gasteiger partial charge is 0.161 e. The zero-order valence-electron chi connectivity index (χ0n) is 12.1. The van der Waals surface area contributed by atoms with E-state index in [-0.39, 0.29) is 0 Å². The minimum atomic E-state index is 0.500. The second-order valence-corrected chi connectivity index (χ2v) is 5.22. The van der Waals surface area contributed by atoms with Gasteiger partial charge in [-0.05, 0) is 31.4 Å². The van der Waals surface area contributed by atoms with E-state index in [4.69, 9.17) is 15.2 Å². The van der Waals surface area contributed by atoms with Gasteiger partial charge in [-0.15, -0.1) is 0 Å². The highest BCUT2D eigenvalue weighted by atomic mass is 15.2.